The topological polar surface area (TPSA) is 67.1 Å². The van der Waals surface area contributed by atoms with Crippen molar-refractivity contribution in [2.75, 3.05) is 6.54 Å². The minimum atomic E-state index is -0.121. The highest BCUT2D eigenvalue weighted by Gasteiger charge is 2.32. The van der Waals surface area contributed by atoms with Gasteiger partial charge in [0.2, 0.25) is 0 Å². The Morgan fingerprint density at radius 1 is 1.19 bits per heavy atom. The Morgan fingerprint density at radius 3 is 2.44 bits per heavy atom. The van der Waals surface area contributed by atoms with Crippen LogP contribution in [0.15, 0.2) is 0 Å². The average molecular weight is 225 g/mol. The second kappa shape index (κ2) is 5.04. The summed E-state index contributed by atoms with van der Waals surface area (Å²) in [6.07, 6.45) is 9.32. The van der Waals surface area contributed by atoms with E-state index in [9.17, 15) is 4.79 Å². The fourth-order valence-electron chi connectivity index (χ4n) is 2.55. The summed E-state index contributed by atoms with van der Waals surface area (Å²) < 4.78 is 0. The third-order valence-electron chi connectivity index (χ3n) is 3.89. The normalized spacial score (nSPS) is 24.6. The maximum Gasteiger partial charge on any atom is 0.315 e. The summed E-state index contributed by atoms with van der Waals surface area (Å²) in [5, 5.41) is 5.93. The van der Waals surface area contributed by atoms with Crippen molar-refractivity contribution >= 4 is 6.03 Å². The van der Waals surface area contributed by atoms with E-state index < -0.39 is 0 Å². The zero-order chi connectivity index (χ0) is 11.4. The Balaban J connectivity index is 1.63. The van der Waals surface area contributed by atoms with E-state index in [1.165, 1.54) is 25.7 Å². The van der Waals surface area contributed by atoms with Crippen LogP contribution < -0.4 is 16.4 Å². The number of nitrogens with two attached hydrogens (primary N) is 1. The van der Waals surface area contributed by atoms with Gasteiger partial charge in [-0.2, -0.15) is 0 Å². The van der Waals surface area contributed by atoms with Gasteiger partial charge < -0.3 is 16.4 Å². The van der Waals surface area contributed by atoms with Crippen molar-refractivity contribution in [1.29, 1.82) is 0 Å². The molecule has 0 aromatic heterocycles. The van der Waals surface area contributed by atoms with Gasteiger partial charge in [-0.15, -0.1) is 0 Å². The third-order valence-corrected chi connectivity index (χ3v) is 3.89. The molecule has 2 rings (SSSR count). The molecule has 2 fully saturated rings. The molecule has 2 saturated carbocycles. The van der Waals surface area contributed by atoms with Gasteiger partial charge in [0, 0.05) is 18.1 Å². The monoisotopic (exact) mass is 225 g/mol. The molecule has 0 aliphatic heterocycles. The highest BCUT2D eigenvalue weighted by atomic mass is 16.2. The van der Waals surface area contributed by atoms with Gasteiger partial charge in [-0.05, 0) is 32.1 Å². The highest BCUT2D eigenvalue weighted by Crippen LogP contribution is 2.28. The summed E-state index contributed by atoms with van der Waals surface area (Å²) in [7, 11) is 0. The molecule has 2 amide bonds. The van der Waals surface area contributed by atoms with Gasteiger partial charge in [0.15, 0.2) is 0 Å². The fraction of sp³-hybridized carbons (Fsp3) is 0.917. The van der Waals surface area contributed by atoms with E-state index in [2.05, 4.69) is 10.6 Å². The predicted octanol–water partition coefficient (Wildman–Crippen LogP) is 1.50. The van der Waals surface area contributed by atoms with Gasteiger partial charge in [0.25, 0.3) is 0 Å². The first-order valence-corrected chi connectivity index (χ1v) is 6.51. The first-order chi connectivity index (χ1) is 7.68. The lowest BCUT2D eigenvalue weighted by Crippen LogP contribution is -2.56. The van der Waals surface area contributed by atoms with Crippen LogP contribution in [-0.2, 0) is 0 Å². The summed E-state index contributed by atoms with van der Waals surface area (Å²) in [6, 6.07) is 0.340. The van der Waals surface area contributed by atoms with Crippen LogP contribution in [0.2, 0.25) is 0 Å². The Labute approximate surface area is 97.3 Å². The lowest BCUT2D eigenvalue weighted by atomic mass is 9.78. The van der Waals surface area contributed by atoms with Gasteiger partial charge >= 0.3 is 6.03 Å². The van der Waals surface area contributed by atoms with E-state index in [1.54, 1.807) is 0 Å². The van der Waals surface area contributed by atoms with Crippen LogP contribution in [0.3, 0.4) is 0 Å². The summed E-state index contributed by atoms with van der Waals surface area (Å²) in [4.78, 5) is 11.6. The van der Waals surface area contributed by atoms with E-state index in [4.69, 9.17) is 5.73 Å². The van der Waals surface area contributed by atoms with Crippen LogP contribution in [0.5, 0.6) is 0 Å². The molecule has 0 bridgehead atoms. The van der Waals surface area contributed by atoms with E-state index >= 15 is 0 Å². The van der Waals surface area contributed by atoms with Crippen LogP contribution in [0.25, 0.3) is 0 Å². The second-order valence-electron chi connectivity index (χ2n) is 5.38. The van der Waals surface area contributed by atoms with Gasteiger partial charge in [-0.1, -0.05) is 19.3 Å². The molecule has 0 heterocycles. The second-order valence-corrected chi connectivity index (χ2v) is 5.38. The van der Waals surface area contributed by atoms with E-state index in [-0.39, 0.29) is 11.6 Å². The number of hydrogen-bond acceptors (Lipinski definition) is 2. The molecule has 2 aliphatic carbocycles. The maximum atomic E-state index is 11.6. The molecule has 0 saturated heterocycles. The first kappa shape index (κ1) is 11.7. The Bertz CT molecular complexity index is 245. The third kappa shape index (κ3) is 3.11. The Hall–Kier alpha value is -0.770. The number of carbonyl (C=O) groups is 1. The number of rotatable bonds is 3. The Morgan fingerprint density at radius 2 is 1.88 bits per heavy atom. The first-order valence-electron chi connectivity index (χ1n) is 6.51. The van der Waals surface area contributed by atoms with Crippen molar-refractivity contribution < 1.29 is 4.79 Å². The van der Waals surface area contributed by atoms with Gasteiger partial charge in [-0.25, -0.2) is 4.79 Å². The molecule has 4 heteroatoms. The molecule has 0 unspecified atom stereocenters. The van der Waals surface area contributed by atoms with Crippen LogP contribution >= 0.6 is 0 Å². The Kier molecular flexibility index (Phi) is 3.69. The molecule has 4 nitrogen and oxygen atoms in total. The highest BCUT2D eigenvalue weighted by molar-refractivity contribution is 5.74. The zero-order valence-corrected chi connectivity index (χ0v) is 9.93. The van der Waals surface area contributed by atoms with E-state index in [1.807, 2.05) is 0 Å². The summed E-state index contributed by atoms with van der Waals surface area (Å²) >= 11 is 0. The molecule has 92 valence electrons. The average Bonchev–Trinajstić information content (AvgIpc) is 2.25. The zero-order valence-electron chi connectivity index (χ0n) is 9.93. The quantitative estimate of drug-likeness (QED) is 0.681. The van der Waals surface area contributed by atoms with E-state index in [0.29, 0.717) is 12.6 Å². The van der Waals surface area contributed by atoms with Crippen LogP contribution in [0.1, 0.15) is 51.4 Å². The fourth-order valence-corrected chi connectivity index (χ4v) is 2.55. The summed E-state index contributed by atoms with van der Waals surface area (Å²) in [5.74, 6) is 0. The largest absolute Gasteiger partial charge is 0.336 e. The van der Waals surface area contributed by atoms with E-state index in [0.717, 1.165) is 25.7 Å². The van der Waals surface area contributed by atoms with Crippen LogP contribution in [0.4, 0.5) is 4.79 Å². The minimum Gasteiger partial charge on any atom is -0.336 e. The lowest BCUT2D eigenvalue weighted by Gasteiger charge is -2.38. The summed E-state index contributed by atoms with van der Waals surface area (Å²) in [5.41, 5.74) is 5.92. The number of hydrogen-bond donors (Lipinski definition) is 3. The molecule has 0 atom stereocenters. The number of nitrogens with one attached hydrogen (secondary N) is 2. The van der Waals surface area contributed by atoms with Crippen molar-refractivity contribution in [3.63, 3.8) is 0 Å². The van der Waals surface area contributed by atoms with Gasteiger partial charge in [-0.3, -0.25) is 0 Å². The predicted molar refractivity (Wildman–Crippen MR) is 64.2 cm³/mol. The van der Waals surface area contributed by atoms with Crippen molar-refractivity contribution in [2.45, 2.75) is 62.9 Å². The molecule has 0 radical (unpaired) electrons. The van der Waals surface area contributed by atoms with Crippen molar-refractivity contribution in [2.24, 2.45) is 5.73 Å². The van der Waals surface area contributed by atoms with Crippen LogP contribution in [-0.4, -0.2) is 24.2 Å². The molecule has 2 aliphatic rings. The summed E-state index contributed by atoms with van der Waals surface area (Å²) in [6.45, 7) is 0.617. The molecule has 0 aromatic rings. The molecular weight excluding hydrogens is 202 g/mol. The molecule has 0 spiro atoms. The molecule has 4 N–H and O–H groups in total. The smallest absolute Gasteiger partial charge is 0.315 e. The molecule has 16 heavy (non-hydrogen) atoms. The standard InChI is InChI=1S/C12H23N3O/c13-12(7-4-8-12)9-14-11(16)15-10-5-2-1-3-6-10/h10H,1-9,13H2,(H2,14,15,16). The minimum absolute atomic E-state index is 0.0383. The molecular formula is C12H23N3O. The van der Waals surface area contributed by atoms with Crippen LogP contribution in [0, 0.1) is 0 Å². The molecule has 0 aromatic carbocycles. The number of amides is 2. The van der Waals surface area contributed by atoms with Gasteiger partial charge in [0.05, 0.1) is 0 Å². The van der Waals surface area contributed by atoms with Crippen molar-refractivity contribution in [3.8, 4) is 0 Å². The number of carbonyl (C=O) groups excluding carboxylic acids is 1. The number of urea groups is 1. The maximum absolute atomic E-state index is 11.6. The lowest BCUT2D eigenvalue weighted by molar-refractivity contribution is 0.212. The van der Waals surface area contributed by atoms with Gasteiger partial charge in [0.1, 0.15) is 0 Å². The van der Waals surface area contributed by atoms with Crippen molar-refractivity contribution in [3.05, 3.63) is 0 Å². The van der Waals surface area contributed by atoms with Crippen molar-refractivity contribution in [1.82, 2.24) is 10.6 Å². The SMILES string of the molecule is NC1(CNC(=O)NC2CCCCC2)CCC1.